The maximum atomic E-state index is 5.84. The van der Waals surface area contributed by atoms with Crippen LogP contribution in [0.2, 0.25) is 0 Å². The number of pyridine rings is 1. The molecule has 3 N–H and O–H groups in total. The van der Waals surface area contributed by atoms with Crippen LogP contribution in [0, 0.1) is 11.8 Å². The molecule has 1 aromatic heterocycles. The SMILES string of the molecule is NCC1CCCCC1CNc1ncccc1Br. The predicted octanol–water partition coefficient (Wildman–Crippen LogP) is 3.02. The minimum absolute atomic E-state index is 0.679. The zero-order chi connectivity index (χ0) is 12.1. The van der Waals surface area contributed by atoms with E-state index in [0.717, 1.165) is 23.4 Å². The summed E-state index contributed by atoms with van der Waals surface area (Å²) in [6.45, 7) is 1.80. The Morgan fingerprint density at radius 1 is 1.35 bits per heavy atom. The van der Waals surface area contributed by atoms with Gasteiger partial charge in [0.25, 0.3) is 0 Å². The van der Waals surface area contributed by atoms with Gasteiger partial charge in [0.1, 0.15) is 5.82 Å². The fraction of sp³-hybridized carbons (Fsp3) is 0.615. The van der Waals surface area contributed by atoms with Crippen molar-refractivity contribution in [3.63, 3.8) is 0 Å². The lowest BCUT2D eigenvalue weighted by Gasteiger charge is -2.30. The van der Waals surface area contributed by atoms with Gasteiger partial charge >= 0.3 is 0 Å². The molecule has 17 heavy (non-hydrogen) atoms. The first-order chi connectivity index (χ1) is 8.31. The number of rotatable bonds is 4. The van der Waals surface area contributed by atoms with Gasteiger partial charge in [-0.15, -0.1) is 0 Å². The summed E-state index contributed by atoms with van der Waals surface area (Å²) in [6, 6.07) is 3.94. The van der Waals surface area contributed by atoms with Crippen molar-refractivity contribution in [2.45, 2.75) is 25.7 Å². The Morgan fingerprint density at radius 2 is 2.12 bits per heavy atom. The van der Waals surface area contributed by atoms with E-state index in [1.807, 2.05) is 18.3 Å². The molecule has 1 saturated carbocycles. The molecule has 0 aliphatic heterocycles. The summed E-state index contributed by atoms with van der Waals surface area (Å²) in [5.74, 6) is 2.32. The van der Waals surface area contributed by atoms with Crippen LogP contribution in [0.5, 0.6) is 0 Å². The van der Waals surface area contributed by atoms with Crippen molar-refractivity contribution >= 4 is 21.7 Å². The van der Waals surface area contributed by atoms with Gasteiger partial charge in [-0.05, 0) is 59.3 Å². The van der Waals surface area contributed by atoms with Crippen molar-refractivity contribution in [3.8, 4) is 0 Å². The van der Waals surface area contributed by atoms with E-state index in [2.05, 4.69) is 26.2 Å². The zero-order valence-electron chi connectivity index (χ0n) is 10.0. The second kappa shape index (κ2) is 6.36. The topological polar surface area (TPSA) is 50.9 Å². The smallest absolute Gasteiger partial charge is 0.140 e. The van der Waals surface area contributed by atoms with E-state index in [4.69, 9.17) is 5.73 Å². The number of halogens is 1. The number of aromatic nitrogens is 1. The molecule has 94 valence electrons. The predicted molar refractivity (Wildman–Crippen MR) is 74.9 cm³/mol. The Balaban J connectivity index is 1.90. The average Bonchev–Trinajstić information content (AvgIpc) is 2.38. The highest BCUT2D eigenvalue weighted by atomic mass is 79.9. The van der Waals surface area contributed by atoms with E-state index >= 15 is 0 Å². The van der Waals surface area contributed by atoms with Gasteiger partial charge in [-0.25, -0.2) is 4.98 Å². The van der Waals surface area contributed by atoms with Crippen LogP contribution in [-0.2, 0) is 0 Å². The highest BCUT2D eigenvalue weighted by molar-refractivity contribution is 9.10. The summed E-state index contributed by atoms with van der Waals surface area (Å²) in [5, 5.41) is 3.43. The van der Waals surface area contributed by atoms with Gasteiger partial charge in [0.05, 0.1) is 4.47 Å². The van der Waals surface area contributed by atoms with E-state index in [1.165, 1.54) is 25.7 Å². The summed E-state index contributed by atoms with van der Waals surface area (Å²) in [4.78, 5) is 4.32. The lowest BCUT2D eigenvalue weighted by atomic mass is 9.79. The van der Waals surface area contributed by atoms with E-state index in [9.17, 15) is 0 Å². The molecule has 1 aromatic rings. The fourth-order valence-electron chi connectivity index (χ4n) is 2.61. The monoisotopic (exact) mass is 297 g/mol. The third-order valence-corrected chi connectivity index (χ3v) is 4.30. The van der Waals surface area contributed by atoms with Crippen LogP contribution in [0.25, 0.3) is 0 Å². The Bertz CT molecular complexity index is 356. The van der Waals surface area contributed by atoms with Crippen molar-refractivity contribution in [1.82, 2.24) is 4.98 Å². The van der Waals surface area contributed by atoms with Crippen LogP contribution >= 0.6 is 15.9 Å². The molecule has 1 fully saturated rings. The Kier molecular flexibility index (Phi) is 4.80. The molecule has 0 saturated heterocycles. The standard InChI is InChI=1S/C13H20BrN3/c14-12-6-3-7-16-13(12)17-9-11-5-2-1-4-10(11)8-15/h3,6-7,10-11H,1-2,4-5,8-9,15H2,(H,16,17). The molecular formula is C13H20BrN3. The van der Waals surface area contributed by atoms with Crippen LogP contribution < -0.4 is 11.1 Å². The quantitative estimate of drug-likeness (QED) is 0.898. The van der Waals surface area contributed by atoms with Crippen LogP contribution in [0.15, 0.2) is 22.8 Å². The molecule has 1 heterocycles. The maximum Gasteiger partial charge on any atom is 0.140 e. The van der Waals surface area contributed by atoms with Gasteiger partial charge in [-0.1, -0.05) is 12.8 Å². The van der Waals surface area contributed by atoms with Gasteiger partial charge in [-0.2, -0.15) is 0 Å². The van der Waals surface area contributed by atoms with Crippen molar-refractivity contribution in [3.05, 3.63) is 22.8 Å². The molecule has 0 bridgehead atoms. The second-order valence-electron chi connectivity index (χ2n) is 4.76. The van der Waals surface area contributed by atoms with Crippen molar-refractivity contribution in [2.24, 2.45) is 17.6 Å². The summed E-state index contributed by atoms with van der Waals surface area (Å²) in [5.41, 5.74) is 5.84. The van der Waals surface area contributed by atoms with Crippen molar-refractivity contribution in [1.29, 1.82) is 0 Å². The molecule has 2 unspecified atom stereocenters. The summed E-state index contributed by atoms with van der Waals surface area (Å²) in [6.07, 6.45) is 7.07. The largest absolute Gasteiger partial charge is 0.369 e. The lowest BCUT2D eigenvalue weighted by molar-refractivity contribution is 0.255. The number of hydrogen-bond acceptors (Lipinski definition) is 3. The summed E-state index contributed by atoms with van der Waals surface area (Å²) < 4.78 is 1.03. The molecule has 3 nitrogen and oxygen atoms in total. The number of nitrogens with one attached hydrogen (secondary N) is 1. The molecule has 4 heteroatoms. The second-order valence-corrected chi connectivity index (χ2v) is 5.61. The van der Waals surface area contributed by atoms with Crippen LogP contribution in [0.4, 0.5) is 5.82 Å². The molecule has 0 aromatic carbocycles. The van der Waals surface area contributed by atoms with Crippen molar-refractivity contribution in [2.75, 3.05) is 18.4 Å². The van der Waals surface area contributed by atoms with Crippen molar-refractivity contribution < 1.29 is 0 Å². The van der Waals surface area contributed by atoms with E-state index in [1.54, 1.807) is 0 Å². The number of hydrogen-bond donors (Lipinski definition) is 2. The minimum Gasteiger partial charge on any atom is -0.369 e. The molecule has 0 amide bonds. The van der Waals surface area contributed by atoms with Gasteiger partial charge in [0.2, 0.25) is 0 Å². The lowest BCUT2D eigenvalue weighted by Crippen LogP contribution is -2.31. The first-order valence-corrected chi connectivity index (χ1v) is 7.15. The first kappa shape index (κ1) is 12.8. The Hall–Kier alpha value is -0.610. The molecular weight excluding hydrogens is 278 g/mol. The third-order valence-electron chi connectivity index (χ3n) is 3.66. The van der Waals surface area contributed by atoms with Gasteiger partial charge < -0.3 is 11.1 Å². The van der Waals surface area contributed by atoms with Crippen LogP contribution in [-0.4, -0.2) is 18.1 Å². The minimum atomic E-state index is 0.679. The highest BCUT2D eigenvalue weighted by Gasteiger charge is 2.23. The van der Waals surface area contributed by atoms with Crippen LogP contribution in [0.1, 0.15) is 25.7 Å². The van der Waals surface area contributed by atoms with Gasteiger partial charge in [0.15, 0.2) is 0 Å². The molecule has 2 rings (SSSR count). The average molecular weight is 298 g/mol. The maximum absolute atomic E-state index is 5.84. The normalized spacial score (nSPS) is 24.6. The molecule has 1 aliphatic carbocycles. The molecule has 1 aliphatic rings. The van der Waals surface area contributed by atoms with Gasteiger partial charge in [0, 0.05) is 12.7 Å². The first-order valence-electron chi connectivity index (χ1n) is 6.35. The number of nitrogens with two attached hydrogens (primary N) is 1. The molecule has 0 spiro atoms. The third kappa shape index (κ3) is 3.42. The van der Waals surface area contributed by atoms with E-state index < -0.39 is 0 Å². The number of nitrogens with zero attached hydrogens (tertiary/aromatic N) is 1. The summed E-state index contributed by atoms with van der Waals surface area (Å²) >= 11 is 3.50. The molecule has 2 atom stereocenters. The van der Waals surface area contributed by atoms with Gasteiger partial charge in [-0.3, -0.25) is 0 Å². The molecule has 0 radical (unpaired) electrons. The van der Waals surface area contributed by atoms with E-state index in [0.29, 0.717) is 11.8 Å². The fourth-order valence-corrected chi connectivity index (χ4v) is 3.00. The Labute approximate surface area is 111 Å². The Morgan fingerprint density at radius 3 is 2.82 bits per heavy atom. The summed E-state index contributed by atoms with van der Waals surface area (Å²) in [7, 11) is 0. The highest BCUT2D eigenvalue weighted by Crippen LogP contribution is 2.30. The van der Waals surface area contributed by atoms with Crippen LogP contribution in [0.3, 0.4) is 0 Å². The zero-order valence-corrected chi connectivity index (χ0v) is 11.6. The number of anilines is 1. The van der Waals surface area contributed by atoms with E-state index in [-0.39, 0.29) is 0 Å².